The molecule has 0 aromatic rings. The normalized spacial score (nSPS) is 28.3. The number of morpholine rings is 1. The molecule has 0 unspecified atom stereocenters. The maximum Gasteiger partial charge on any atom is 0.0678 e. The Kier molecular flexibility index (Phi) is 5.22. The van der Waals surface area contributed by atoms with E-state index in [1.54, 1.807) is 0 Å². The number of nitrogens with two attached hydrogens (primary N) is 1. The Morgan fingerprint density at radius 3 is 2.31 bits per heavy atom. The molecule has 0 saturated carbocycles. The average molecular weight is 228 g/mol. The van der Waals surface area contributed by atoms with Crippen LogP contribution in [0.1, 0.15) is 40.5 Å². The maximum absolute atomic E-state index is 5.74. The molecule has 0 radical (unpaired) electrons. The lowest BCUT2D eigenvalue weighted by Gasteiger charge is -2.35. The molecule has 1 saturated heterocycles. The van der Waals surface area contributed by atoms with Crippen LogP contribution in [-0.2, 0) is 4.74 Å². The highest BCUT2D eigenvalue weighted by Gasteiger charge is 2.22. The summed E-state index contributed by atoms with van der Waals surface area (Å²) in [7, 11) is 0. The monoisotopic (exact) mass is 228 g/mol. The van der Waals surface area contributed by atoms with Gasteiger partial charge in [0.25, 0.3) is 0 Å². The van der Waals surface area contributed by atoms with Gasteiger partial charge < -0.3 is 10.5 Å². The van der Waals surface area contributed by atoms with Gasteiger partial charge in [-0.25, -0.2) is 0 Å². The van der Waals surface area contributed by atoms with E-state index in [9.17, 15) is 0 Å². The highest BCUT2D eigenvalue weighted by molar-refractivity contribution is 4.75. The van der Waals surface area contributed by atoms with E-state index in [1.807, 2.05) is 0 Å². The third-order valence-corrected chi connectivity index (χ3v) is 3.38. The van der Waals surface area contributed by atoms with Crippen LogP contribution in [0.3, 0.4) is 0 Å². The van der Waals surface area contributed by atoms with Gasteiger partial charge in [0.15, 0.2) is 0 Å². The number of nitrogens with zero attached hydrogens (tertiary/aromatic N) is 1. The molecule has 0 bridgehead atoms. The first-order chi connectivity index (χ1) is 7.43. The van der Waals surface area contributed by atoms with Gasteiger partial charge in [-0.05, 0) is 45.2 Å². The number of hydrogen-bond acceptors (Lipinski definition) is 3. The van der Waals surface area contributed by atoms with E-state index in [0.29, 0.717) is 17.6 Å². The Bertz CT molecular complexity index is 196. The zero-order valence-corrected chi connectivity index (χ0v) is 11.3. The zero-order valence-electron chi connectivity index (χ0n) is 11.3. The quantitative estimate of drug-likeness (QED) is 0.780. The molecule has 2 atom stereocenters. The summed E-state index contributed by atoms with van der Waals surface area (Å²) in [6, 6.07) is 0. The van der Waals surface area contributed by atoms with Crippen LogP contribution in [0.15, 0.2) is 0 Å². The average Bonchev–Trinajstić information content (AvgIpc) is 2.16. The van der Waals surface area contributed by atoms with Crippen molar-refractivity contribution in [1.82, 2.24) is 4.90 Å². The van der Waals surface area contributed by atoms with Crippen LogP contribution >= 0.6 is 0 Å². The Labute approximate surface area is 100 Å². The number of rotatable bonds is 5. The van der Waals surface area contributed by atoms with Crippen molar-refractivity contribution >= 4 is 0 Å². The molecular weight excluding hydrogens is 200 g/mol. The van der Waals surface area contributed by atoms with Gasteiger partial charge in [-0.15, -0.1) is 0 Å². The van der Waals surface area contributed by atoms with Gasteiger partial charge in [-0.1, -0.05) is 13.8 Å². The molecule has 0 aliphatic carbocycles. The summed E-state index contributed by atoms with van der Waals surface area (Å²) < 4.78 is 5.72. The van der Waals surface area contributed by atoms with E-state index in [-0.39, 0.29) is 0 Å². The Balaban J connectivity index is 2.22. The second-order valence-electron chi connectivity index (χ2n) is 5.99. The van der Waals surface area contributed by atoms with Crippen LogP contribution in [0.25, 0.3) is 0 Å². The summed E-state index contributed by atoms with van der Waals surface area (Å²) in [6.07, 6.45) is 3.21. The molecule has 1 heterocycles. The van der Waals surface area contributed by atoms with Crippen molar-refractivity contribution in [3.05, 3.63) is 0 Å². The molecule has 3 heteroatoms. The lowest BCUT2D eigenvalue weighted by Crippen LogP contribution is -2.45. The van der Waals surface area contributed by atoms with Crippen LogP contribution in [0.2, 0.25) is 0 Å². The van der Waals surface area contributed by atoms with E-state index in [1.165, 1.54) is 19.4 Å². The smallest absolute Gasteiger partial charge is 0.0678 e. The van der Waals surface area contributed by atoms with Crippen LogP contribution < -0.4 is 5.73 Å². The van der Waals surface area contributed by atoms with Crippen LogP contribution in [0.4, 0.5) is 0 Å². The highest BCUT2D eigenvalue weighted by atomic mass is 16.5. The van der Waals surface area contributed by atoms with Gasteiger partial charge in [0, 0.05) is 13.1 Å². The van der Waals surface area contributed by atoms with Gasteiger partial charge in [0.1, 0.15) is 0 Å². The minimum Gasteiger partial charge on any atom is -0.373 e. The first-order valence-corrected chi connectivity index (χ1v) is 6.51. The largest absolute Gasteiger partial charge is 0.373 e. The molecule has 1 aliphatic rings. The van der Waals surface area contributed by atoms with Crippen molar-refractivity contribution in [2.24, 2.45) is 11.1 Å². The van der Waals surface area contributed by atoms with Crippen LogP contribution in [0.5, 0.6) is 0 Å². The molecule has 0 aromatic carbocycles. The van der Waals surface area contributed by atoms with E-state index < -0.39 is 0 Å². The van der Waals surface area contributed by atoms with Crippen molar-refractivity contribution in [3.63, 3.8) is 0 Å². The fraction of sp³-hybridized carbons (Fsp3) is 1.00. The third kappa shape index (κ3) is 4.81. The summed E-state index contributed by atoms with van der Waals surface area (Å²) in [4.78, 5) is 2.52. The minimum atomic E-state index is 0.295. The molecular formula is C13H28N2O. The topological polar surface area (TPSA) is 38.5 Å². The Hall–Kier alpha value is -0.120. The maximum atomic E-state index is 5.74. The third-order valence-electron chi connectivity index (χ3n) is 3.38. The minimum absolute atomic E-state index is 0.295. The van der Waals surface area contributed by atoms with Crippen molar-refractivity contribution in [2.75, 3.05) is 26.2 Å². The predicted molar refractivity (Wildman–Crippen MR) is 68.5 cm³/mol. The summed E-state index contributed by atoms with van der Waals surface area (Å²) in [5.41, 5.74) is 6.03. The van der Waals surface area contributed by atoms with Gasteiger partial charge in [0.05, 0.1) is 12.2 Å². The summed E-state index contributed by atoms with van der Waals surface area (Å²) in [6.45, 7) is 12.9. The molecule has 96 valence electrons. The highest BCUT2D eigenvalue weighted by Crippen LogP contribution is 2.21. The second kappa shape index (κ2) is 5.99. The summed E-state index contributed by atoms with van der Waals surface area (Å²) >= 11 is 0. The van der Waals surface area contributed by atoms with Crippen molar-refractivity contribution < 1.29 is 4.74 Å². The molecule has 3 nitrogen and oxygen atoms in total. The van der Waals surface area contributed by atoms with Gasteiger partial charge in [-0.3, -0.25) is 4.90 Å². The van der Waals surface area contributed by atoms with Crippen molar-refractivity contribution in [3.8, 4) is 0 Å². The van der Waals surface area contributed by atoms with Gasteiger partial charge in [0.2, 0.25) is 0 Å². The number of hydrogen-bond donors (Lipinski definition) is 1. The molecule has 1 aliphatic heterocycles. The van der Waals surface area contributed by atoms with E-state index in [2.05, 4.69) is 32.6 Å². The Morgan fingerprint density at radius 1 is 1.25 bits per heavy atom. The summed E-state index contributed by atoms with van der Waals surface area (Å²) in [5, 5.41) is 0. The van der Waals surface area contributed by atoms with E-state index in [4.69, 9.17) is 10.5 Å². The summed E-state index contributed by atoms with van der Waals surface area (Å²) in [5.74, 6) is 0. The first kappa shape index (κ1) is 13.9. The molecule has 0 amide bonds. The Morgan fingerprint density at radius 2 is 1.81 bits per heavy atom. The van der Waals surface area contributed by atoms with Crippen molar-refractivity contribution in [1.29, 1.82) is 0 Å². The molecule has 0 spiro atoms. The molecule has 2 N–H and O–H groups in total. The van der Waals surface area contributed by atoms with Crippen LogP contribution in [0, 0.1) is 5.41 Å². The zero-order chi connectivity index (χ0) is 12.2. The lowest BCUT2D eigenvalue weighted by molar-refractivity contribution is -0.0685. The van der Waals surface area contributed by atoms with Gasteiger partial charge in [-0.2, -0.15) is 0 Å². The predicted octanol–water partition coefficient (Wildman–Crippen LogP) is 1.86. The second-order valence-corrected chi connectivity index (χ2v) is 5.99. The standard InChI is InChI=1S/C13H28N2O/c1-11-8-15(9-12(2)16-11)7-5-6-13(3,4)10-14/h11-12H,5-10,14H2,1-4H3/t11-,12+. The SMILES string of the molecule is C[C@@H]1CN(CCCC(C)(C)CN)C[C@H](C)O1. The van der Waals surface area contributed by atoms with Crippen molar-refractivity contribution in [2.45, 2.75) is 52.7 Å². The fourth-order valence-corrected chi connectivity index (χ4v) is 2.35. The lowest BCUT2D eigenvalue weighted by atomic mass is 9.88. The number of ether oxygens (including phenoxy) is 1. The van der Waals surface area contributed by atoms with E-state index in [0.717, 1.165) is 19.6 Å². The molecule has 0 aromatic heterocycles. The fourth-order valence-electron chi connectivity index (χ4n) is 2.35. The first-order valence-electron chi connectivity index (χ1n) is 6.51. The van der Waals surface area contributed by atoms with Gasteiger partial charge >= 0.3 is 0 Å². The van der Waals surface area contributed by atoms with E-state index >= 15 is 0 Å². The van der Waals surface area contributed by atoms with Crippen LogP contribution in [-0.4, -0.2) is 43.3 Å². The molecule has 16 heavy (non-hydrogen) atoms. The molecule has 1 fully saturated rings. The molecule has 1 rings (SSSR count).